The lowest BCUT2D eigenvalue weighted by Gasteiger charge is -2.37. The molecule has 25 nitrogen and oxygen atoms in total. The van der Waals surface area contributed by atoms with Crippen molar-refractivity contribution in [1.29, 1.82) is 0 Å². The van der Waals surface area contributed by atoms with Gasteiger partial charge in [-0.3, -0.25) is 57.5 Å². The van der Waals surface area contributed by atoms with E-state index >= 15 is 14.4 Å². The number of nitrogens with one attached hydrogen (secondary N) is 5. The number of piperidine rings is 1. The Morgan fingerprint density at radius 3 is 1.47 bits per heavy atom. The highest BCUT2D eigenvalue weighted by atomic mass is 16.3. The standard InChI is InChI=1S/C70H110N12O13/c1-41(2)34-50-66(91)77(14)46(11)65(90)78(15)53(35-42(3)4)62(87)74-58(44(7)8)70(95)79(16)54(38-49-30-24-20-25-31-49)61(86)72-51(37-48-28-22-19-23-29-48)67(92)80(17)55(36-43(5)6)69(94)76(13)40-57(85)81(18)60(45(9)10)64(89)75-59(47(12)83)63(88)73-52(39-56(84)71-50)68(93)82-32-26-21-27-33-82/h19-20,22-25,28-31,41-47,50-55,58-60,83H,21,26-27,32-40H2,1-18H3,(H,71,84)(H,72,86)(H,73,88)(H,74,87)(H,75,89)/t46-,47+,50-,51-,52-,53-,54-,55-,58+,59-,60-/m0/s1. The van der Waals surface area contributed by atoms with Gasteiger partial charge in [-0.1, -0.05) is 130 Å². The molecule has 2 aromatic carbocycles. The summed E-state index contributed by atoms with van der Waals surface area (Å²) in [6.45, 7) is 20.7. The van der Waals surface area contributed by atoms with Gasteiger partial charge in [0.05, 0.1) is 19.1 Å². The summed E-state index contributed by atoms with van der Waals surface area (Å²) in [6.07, 6.45) is 0.107. The van der Waals surface area contributed by atoms with E-state index in [2.05, 4.69) is 26.6 Å². The van der Waals surface area contributed by atoms with Crippen LogP contribution in [-0.2, 0) is 70.4 Å². The predicted octanol–water partition coefficient (Wildman–Crippen LogP) is 2.76. The zero-order valence-corrected chi connectivity index (χ0v) is 59.5. The molecule has 0 aromatic heterocycles. The third kappa shape index (κ3) is 22.6. The van der Waals surface area contributed by atoms with Crippen molar-refractivity contribution in [3.05, 3.63) is 71.8 Å². The van der Waals surface area contributed by atoms with Gasteiger partial charge in [0.15, 0.2) is 0 Å². The van der Waals surface area contributed by atoms with Crippen LogP contribution in [0, 0.1) is 29.6 Å². The summed E-state index contributed by atoms with van der Waals surface area (Å²) in [6, 6.07) is 4.48. The van der Waals surface area contributed by atoms with Gasteiger partial charge in [-0.05, 0) is 93.1 Å². The molecule has 25 heteroatoms. The molecular weight excluding hydrogens is 1220 g/mol. The van der Waals surface area contributed by atoms with Gasteiger partial charge >= 0.3 is 0 Å². The Kier molecular flexibility index (Phi) is 30.8. The number of carbonyl (C=O) groups excluding carboxylic acids is 12. The first-order valence-corrected chi connectivity index (χ1v) is 33.6. The minimum Gasteiger partial charge on any atom is -0.391 e. The van der Waals surface area contributed by atoms with Crippen LogP contribution >= 0.6 is 0 Å². The normalized spacial score (nSPS) is 25.7. The van der Waals surface area contributed by atoms with Crippen molar-refractivity contribution in [1.82, 2.24) is 60.9 Å². The number of aliphatic hydroxyl groups excluding tert-OH is 1. The lowest BCUT2D eigenvalue weighted by atomic mass is 9.96. The highest BCUT2D eigenvalue weighted by molar-refractivity contribution is 6.00. The number of hydrogen-bond donors (Lipinski definition) is 6. The maximum Gasteiger partial charge on any atom is 0.245 e. The summed E-state index contributed by atoms with van der Waals surface area (Å²) in [7, 11) is 8.44. The van der Waals surface area contributed by atoms with E-state index in [9.17, 15) is 48.3 Å². The second-order valence-corrected chi connectivity index (χ2v) is 28.0. The molecule has 6 N–H and O–H groups in total. The molecule has 0 spiro atoms. The number of rotatable bonds is 14. The molecule has 0 unspecified atom stereocenters. The first kappa shape index (κ1) is 79.5. The van der Waals surface area contributed by atoms with Crippen LogP contribution < -0.4 is 26.6 Å². The van der Waals surface area contributed by atoms with Crippen LogP contribution in [0.2, 0.25) is 0 Å². The summed E-state index contributed by atoms with van der Waals surface area (Å²) in [4.78, 5) is 186. The van der Waals surface area contributed by atoms with E-state index in [4.69, 9.17) is 0 Å². The van der Waals surface area contributed by atoms with Crippen molar-refractivity contribution in [3.8, 4) is 0 Å². The molecular formula is C70H110N12O13. The smallest absolute Gasteiger partial charge is 0.245 e. The van der Waals surface area contributed by atoms with E-state index in [0.717, 1.165) is 21.1 Å². The van der Waals surface area contributed by atoms with E-state index < -0.39 is 162 Å². The molecule has 0 bridgehead atoms. The third-order valence-corrected chi connectivity index (χ3v) is 17.9. The van der Waals surface area contributed by atoms with E-state index in [1.54, 1.807) is 88.4 Å². The van der Waals surface area contributed by atoms with E-state index in [1.807, 2.05) is 41.5 Å². The van der Waals surface area contributed by atoms with Crippen molar-refractivity contribution in [2.75, 3.05) is 61.9 Å². The fourth-order valence-electron chi connectivity index (χ4n) is 12.2. The van der Waals surface area contributed by atoms with Crippen molar-refractivity contribution in [2.45, 2.75) is 207 Å². The van der Waals surface area contributed by atoms with Gasteiger partial charge in [0.25, 0.3) is 0 Å². The molecule has 11 atom stereocenters. The number of likely N-dealkylation sites (N-methyl/N-ethyl adjacent to an activating group) is 6. The highest BCUT2D eigenvalue weighted by Crippen LogP contribution is 2.23. The van der Waals surface area contributed by atoms with Crippen molar-refractivity contribution < 1.29 is 62.6 Å². The molecule has 12 amide bonds. The lowest BCUT2D eigenvalue weighted by Crippen LogP contribution is -2.62. The van der Waals surface area contributed by atoms with Crippen molar-refractivity contribution >= 4 is 70.9 Å². The Labute approximate surface area is 562 Å². The zero-order chi connectivity index (χ0) is 71.5. The highest BCUT2D eigenvalue weighted by Gasteiger charge is 2.43. The quantitative estimate of drug-likeness (QED) is 0.159. The minimum atomic E-state index is -1.73. The lowest BCUT2D eigenvalue weighted by molar-refractivity contribution is -0.150. The number of benzene rings is 2. The molecule has 2 saturated heterocycles. The number of likely N-dealkylation sites (tertiary alicyclic amines) is 1. The summed E-state index contributed by atoms with van der Waals surface area (Å²) >= 11 is 0. The molecule has 528 valence electrons. The van der Waals surface area contributed by atoms with E-state index in [1.165, 1.54) is 75.7 Å². The largest absolute Gasteiger partial charge is 0.391 e. The van der Waals surface area contributed by atoms with Crippen LogP contribution in [0.5, 0.6) is 0 Å². The molecule has 95 heavy (non-hydrogen) atoms. The molecule has 2 aromatic rings. The fraction of sp³-hybridized carbons (Fsp3) is 0.657. The zero-order valence-electron chi connectivity index (χ0n) is 59.5. The number of nitrogens with zero attached hydrogens (tertiary/aromatic N) is 7. The van der Waals surface area contributed by atoms with Crippen molar-refractivity contribution in [2.24, 2.45) is 29.6 Å². The second-order valence-electron chi connectivity index (χ2n) is 28.0. The number of hydrogen-bond acceptors (Lipinski definition) is 13. The SMILES string of the molecule is CC(C)C[C@@H]1NC(=O)C[C@@H](C(=O)N2CCCCC2)NC(=O)[C@H]([C@@H](C)O)NC(=O)[C@H](C(C)C)N(C)C(=O)CN(C)C(=O)[C@H](CC(C)C)N(C)C(=O)[C@H](Cc2ccccc2)NC(=O)[C@H](Cc2ccccc2)N(C)C(=O)[C@@H](C(C)C)NC(=O)[C@H](CC(C)C)N(C)C(=O)[C@H](C)N(C)C1=O. The Balaban J connectivity index is 1.92. The summed E-state index contributed by atoms with van der Waals surface area (Å²) < 4.78 is 0. The van der Waals surface area contributed by atoms with Crippen LogP contribution in [-0.4, -0.2) is 239 Å². The first-order chi connectivity index (χ1) is 44.5. The van der Waals surface area contributed by atoms with Crippen molar-refractivity contribution in [3.63, 3.8) is 0 Å². The molecule has 0 saturated carbocycles. The molecule has 2 fully saturated rings. The average Bonchev–Trinajstić information content (AvgIpc) is 0.855. The Hall–Kier alpha value is -7.96. The maximum absolute atomic E-state index is 15.3. The van der Waals surface area contributed by atoms with Gasteiger partial charge in [0, 0.05) is 68.2 Å². The Morgan fingerprint density at radius 2 is 0.958 bits per heavy atom. The molecule has 0 radical (unpaired) electrons. The van der Waals surface area contributed by atoms with Gasteiger partial charge in [-0.25, -0.2) is 0 Å². The molecule has 0 aliphatic carbocycles. The van der Waals surface area contributed by atoms with E-state index in [0.29, 0.717) is 37.1 Å². The summed E-state index contributed by atoms with van der Waals surface area (Å²) in [5.74, 6) is -10.5. The van der Waals surface area contributed by atoms with E-state index in [-0.39, 0.29) is 49.9 Å². The van der Waals surface area contributed by atoms with Gasteiger partial charge in [0.1, 0.15) is 60.4 Å². The van der Waals surface area contributed by atoms with Crippen LogP contribution in [0.4, 0.5) is 0 Å². The maximum atomic E-state index is 15.3. The number of carbonyl (C=O) groups is 12. The predicted molar refractivity (Wildman–Crippen MR) is 361 cm³/mol. The van der Waals surface area contributed by atoms with Crippen LogP contribution in [0.3, 0.4) is 0 Å². The topological polar surface area (TPSA) is 308 Å². The van der Waals surface area contributed by atoms with Crippen LogP contribution in [0.25, 0.3) is 0 Å². The average molecular weight is 1330 g/mol. The second kappa shape index (κ2) is 36.8. The monoisotopic (exact) mass is 1330 g/mol. The fourth-order valence-corrected chi connectivity index (χ4v) is 12.2. The van der Waals surface area contributed by atoms with Gasteiger partial charge in [0.2, 0.25) is 70.9 Å². The molecule has 2 heterocycles. The summed E-state index contributed by atoms with van der Waals surface area (Å²) in [5.41, 5.74) is 1.32. The van der Waals surface area contributed by atoms with Gasteiger partial charge in [-0.2, -0.15) is 0 Å². The minimum absolute atomic E-state index is 0.0364. The van der Waals surface area contributed by atoms with Gasteiger partial charge < -0.3 is 66.0 Å². The Morgan fingerprint density at radius 1 is 0.474 bits per heavy atom. The number of aliphatic hydroxyl groups is 1. The molecule has 2 aliphatic heterocycles. The molecule has 4 rings (SSSR count). The Bertz CT molecular complexity index is 2960. The molecule has 2 aliphatic rings. The van der Waals surface area contributed by atoms with Crippen LogP contribution in [0.15, 0.2) is 60.7 Å². The first-order valence-electron chi connectivity index (χ1n) is 33.6. The van der Waals surface area contributed by atoms with Gasteiger partial charge in [-0.15, -0.1) is 0 Å². The number of amides is 12. The third-order valence-electron chi connectivity index (χ3n) is 17.9. The van der Waals surface area contributed by atoms with Crippen LogP contribution in [0.1, 0.15) is 139 Å². The summed E-state index contributed by atoms with van der Waals surface area (Å²) in [5, 5.41) is 25.0.